The van der Waals surface area contributed by atoms with Crippen LogP contribution in [0, 0.1) is 0 Å². The van der Waals surface area contributed by atoms with E-state index in [4.69, 9.17) is 0 Å². The van der Waals surface area contributed by atoms with Gasteiger partial charge in [0.25, 0.3) is 0 Å². The molecule has 19 heavy (non-hydrogen) atoms. The van der Waals surface area contributed by atoms with E-state index in [-0.39, 0.29) is 0 Å². The van der Waals surface area contributed by atoms with Crippen LogP contribution in [0.5, 0.6) is 0 Å². The number of rotatable bonds is 4. The molecule has 0 aromatic heterocycles. The summed E-state index contributed by atoms with van der Waals surface area (Å²) < 4.78 is 9.34. The van der Waals surface area contributed by atoms with E-state index in [9.17, 15) is 9.59 Å². The Morgan fingerprint density at radius 1 is 1.00 bits per heavy atom. The van der Waals surface area contributed by atoms with Gasteiger partial charge in [0.2, 0.25) is 0 Å². The molecule has 100 valence electrons. The van der Waals surface area contributed by atoms with E-state index in [2.05, 4.69) is 16.1 Å². The lowest BCUT2D eigenvalue weighted by Gasteiger charge is -2.08. The molecule has 1 aromatic carbocycles. The van der Waals surface area contributed by atoms with Crippen LogP contribution in [0.25, 0.3) is 5.57 Å². The van der Waals surface area contributed by atoms with Crippen molar-refractivity contribution in [1.82, 2.24) is 0 Å². The van der Waals surface area contributed by atoms with Crippen molar-refractivity contribution in [3.05, 3.63) is 53.6 Å². The van der Waals surface area contributed by atoms with E-state index < -0.39 is 11.9 Å². The second-order valence-corrected chi connectivity index (χ2v) is 3.73. The third kappa shape index (κ3) is 3.31. The zero-order valence-corrected chi connectivity index (χ0v) is 11.2. The number of allylic oxidation sites excluding steroid dienone is 3. The van der Waals surface area contributed by atoms with Gasteiger partial charge in [0.1, 0.15) is 0 Å². The average molecular weight is 260 g/mol. The first-order valence-corrected chi connectivity index (χ1v) is 5.68. The molecule has 0 amide bonds. The fourth-order valence-corrected chi connectivity index (χ4v) is 1.67. The van der Waals surface area contributed by atoms with Crippen molar-refractivity contribution in [3.8, 4) is 0 Å². The van der Waals surface area contributed by atoms with E-state index in [1.807, 2.05) is 13.0 Å². The van der Waals surface area contributed by atoms with Crippen LogP contribution in [-0.4, -0.2) is 26.2 Å². The first kappa shape index (κ1) is 14.7. The number of hydrogen-bond acceptors (Lipinski definition) is 4. The predicted octanol–water partition coefficient (Wildman–Crippen LogP) is 2.85. The van der Waals surface area contributed by atoms with Gasteiger partial charge < -0.3 is 9.47 Å². The molecule has 0 bridgehead atoms. The maximum absolute atomic E-state index is 11.6. The van der Waals surface area contributed by atoms with Crippen molar-refractivity contribution in [2.45, 2.75) is 6.92 Å². The maximum atomic E-state index is 11.6. The van der Waals surface area contributed by atoms with Crippen molar-refractivity contribution in [1.29, 1.82) is 0 Å². The molecule has 0 radical (unpaired) electrons. The molecule has 0 fully saturated rings. The Bertz CT molecular complexity index is 507. The van der Waals surface area contributed by atoms with E-state index in [1.165, 1.54) is 20.3 Å². The van der Waals surface area contributed by atoms with Gasteiger partial charge in [-0.3, -0.25) is 0 Å². The van der Waals surface area contributed by atoms with Crippen molar-refractivity contribution in [2.24, 2.45) is 0 Å². The van der Waals surface area contributed by atoms with Crippen molar-refractivity contribution < 1.29 is 19.1 Å². The predicted molar refractivity (Wildman–Crippen MR) is 73.0 cm³/mol. The number of carbonyl (C=O) groups is 2. The van der Waals surface area contributed by atoms with Gasteiger partial charge >= 0.3 is 11.9 Å². The summed E-state index contributed by atoms with van der Waals surface area (Å²) in [5.41, 5.74) is 2.11. The minimum atomic E-state index is -0.508. The minimum absolute atomic E-state index is 0.293. The smallest absolute Gasteiger partial charge is 0.337 e. The Balaban J connectivity index is 3.44. The summed E-state index contributed by atoms with van der Waals surface area (Å²) >= 11 is 0. The van der Waals surface area contributed by atoms with E-state index in [1.54, 1.807) is 18.2 Å². The summed E-state index contributed by atoms with van der Waals surface area (Å²) in [5.74, 6) is -1.02. The molecular weight excluding hydrogens is 244 g/mol. The highest BCUT2D eigenvalue weighted by atomic mass is 16.5. The van der Waals surface area contributed by atoms with Gasteiger partial charge in [-0.15, -0.1) is 0 Å². The Hall–Kier alpha value is -2.36. The zero-order valence-electron chi connectivity index (χ0n) is 11.2. The summed E-state index contributed by atoms with van der Waals surface area (Å²) in [6.07, 6.45) is 3.49. The lowest BCUT2D eigenvalue weighted by atomic mass is 9.99. The van der Waals surface area contributed by atoms with Crippen LogP contribution in [0.4, 0.5) is 0 Å². The van der Waals surface area contributed by atoms with Gasteiger partial charge in [-0.05, 0) is 36.3 Å². The molecule has 0 spiro atoms. The number of ether oxygens (including phenoxy) is 2. The highest BCUT2D eigenvalue weighted by molar-refractivity contribution is 5.97. The first-order valence-electron chi connectivity index (χ1n) is 5.68. The third-order valence-electron chi connectivity index (χ3n) is 2.64. The number of carbonyl (C=O) groups excluding carboxylic acids is 2. The first-order chi connectivity index (χ1) is 9.07. The Kier molecular flexibility index (Phi) is 5.06. The van der Waals surface area contributed by atoms with Crippen LogP contribution >= 0.6 is 0 Å². The summed E-state index contributed by atoms with van der Waals surface area (Å²) in [6, 6.07) is 4.74. The molecule has 0 unspecified atom stereocenters. The summed E-state index contributed by atoms with van der Waals surface area (Å²) in [6.45, 7) is 5.54. The monoisotopic (exact) mass is 260 g/mol. The third-order valence-corrected chi connectivity index (χ3v) is 2.64. The van der Waals surface area contributed by atoms with Gasteiger partial charge in [0.05, 0.1) is 25.3 Å². The molecule has 0 aliphatic carbocycles. The zero-order chi connectivity index (χ0) is 14.4. The van der Waals surface area contributed by atoms with Crippen molar-refractivity contribution in [2.75, 3.05) is 14.2 Å². The molecule has 4 heteroatoms. The molecule has 0 aliphatic rings. The van der Waals surface area contributed by atoms with E-state index >= 15 is 0 Å². The van der Waals surface area contributed by atoms with Crippen LogP contribution in [-0.2, 0) is 9.47 Å². The van der Waals surface area contributed by atoms with Gasteiger partial charge in [-0.1, -0.05) is 18.7 Å². The van der Waals surface area contributed by atoms with Crippen molar-refractivity contribution >= 4 is 17.5 Å². The fraction of sp³-hybridized carbons (Fsp3) is 0.200. The van der Waals surface area contributed by atoms with Crippen LogP contribution in [0.2, 0.25) is 0 Å². The molecule has 4 nitrogen and oxygen atoms in total. The Morgan fingerprint density at radius 2 is 1.42 bits per heavy atom. The molecule has 1 rings (SSSR count). The molecular formula is C15H16O4. The van der Waals surface area contributed by atoms with Gasteiger partial charge in [0, 0.05) is 0 Å². The normalized spacial score (nSPS) is 10.8. The summed E-state index contributed by atoms with van der Waals surface area (Å²) in [5, 5.41) is 0. The SMILES string of the molecule is C=CC(=CC)c1cc(C(=O)OC)cc(C(=O)OC)c1. The Morgan fingerprint density at radius 3 is 1.74 bits per heavy atom. The Labute approximate surface area is 112 Å². The average Bonchev–Trinajstić information content (AvgIpc) is 2.46. The molecule has 1 aromatic rings. The standard InChI is InChI=1S/C15H16O4/c1-5-10(6-2)11-7-12(14(16)18-3)9-13(8-11)15(17)19-4/h5-9H,1H2,2-4H3. The lowest BCUT2D eigenvalue weighted by molar-refractivity contribution is 0.0599. The fourth-order valence-electron chi connectivity index (χ4n) is 1.67. The number of hydrogen-bond donors (Lipinski definition) is 0. The summed E-state index contributed by atoms with van der Waals surface area (Å²) in [4.78, 5) is 23.2. The lowest BCUT2D eigenvalue weighted by Crippen LogP contribution is -2.07. The van der Waals surface area contributed by atoms with Gasteiger partial charge in [-0.25, -0.2) is 9.59 Å². The van der Waals surface area contributed by atoms with Crippen LogP contribution < -0.4 is 0 Å². The molecule has 0 heterocycles. The van der Waals surface area contributed by atoms with Crippen LogP contribution in [0.1, 0.15) is 33.2 Å². The van der Waals surface area contributed by atoms with E-state index in [0.29, 0.717) is 16.7 Å². The van der Waals surface area contributed by atoms with Crippen LogP contribution in [0.3, 0.4) is 0 Å². The number of benzene rings is 1. The number of esters is 2. The molecule has 0 saturated heterocycles. The second-order valence-electron chi connectivity index (χ2n) is 3.73. The summed E-state index contributed by atoms with van der Waals surface area (Å²) in [7, 11) is 2.58. The van der Waals surface area contributed by atoms with Gasteiger partial charge in [-0.2, -0.15) is 0 Å². The number of methoxy groups -OCH3 is 2. The van der Waals surface area contributed by atoms with Crippen molar-refractivity contribution in [3.63, 3.8) is 0 Å². The topological polar surface area (TPSA) is 52.6 Å². The second kappa shape index (κ2) is 6.54. The van der Waals surface area contributed by atoms with E-state index in [0.717, 1.165) is 5.57 Å². The molecule has 0 atom stereocenters. The molecule has 0 aliphatic heterocycles. The van der Waals surface area contributed by atoms with Crippen LogP contribution in [0.15, 0.2) is 36.9 Å². The maximum Gasteiger partial charge on any atom is 0.337 e. The minimum Gasteiger partial charge on any atom is -0.465 e. The largest absolute Gasteiger partial charge is 0.465 e. The highest BCUT2D eigenvalue weighted by Crippen LogP contribution is 2.20. The van der Waals surface area contributed by atoms with Gasteiger partial charge in [0.15, 0.2) is 0 Å². The molecule has 0 saturated carbocycles. The molecule has 0 N–H and O–H groups in total. The highest BCUT2D eigenvalue weighted by Gasteiger charge is 2.14. The quantitative estimate of drug-likeness (QED) is 0.617.